The van der Waals surface area contributed by atoms with Gasteiger partial charge in [0.15, 0.2) is 0 Å². The molecule has 0 saturated heterocycles. The maximum atomic E-state index is 3.78. The van der Waals surface area contributed by atoms with E-state index in [0.29, 0.717) is 0 Å². The highest BCUT2D eigenvalue weighted by atomic mass is 14.7. The van der Waals surface area contributed by atoms with Crippen LogP contribution in [0.25, 0.3) is 0 Å². The Morgan fingerprint density at radius 1 is 1.83 bits per heavy atom. The van der Waals surface area contributed by atoms with Gasteiger partial charge in [-0.3, -0.25) is 0 Å². The number of allylic oxidation sites excluding steroid dienone is 1. The molecule has 0 amide bonds. The quantitative estimate of drug-likeness (QED) is 0.423. The predicted molar refractivity (Wildman–Crippen MR) is 28.2 cm³/mol. The summed E-state index contributed by atoms with van der Waals surface area (Å²) in [5.74, 6) is 2.70. The molecular formula is C5H9N. The smallest absolute Gasteiger partial charge is 0.0455 e. The highest BCUT2D eigenvalue weighted by Crippen LogP contribution is 1.57. The average Bonchev–Trinajstić information content (AvgIpc) is 1.61. The van der Waals surface area contributed by atoms with Crippen LogP contribution in [-0.2, 0) is 0 Å². The molecule has 0 aliphatic rings. The van der Waals surface area contributed by atoms with E-state index in [1.54, 1.807) is 6.08 Å². The van der Waals surface area contributed by atoms with Gasteiger partial charge in [0.1, 0.15) is 0 Å². The zero-order valence-corrected chi connectivity index (χ0v) is 4.23. The monoisotopic (exact) mass is 83.1 g/mol. The van der Waals surface area contributed by atoms with Gasteiger partial charge < -0.3 is 0 Å². The lowest BCUT2D eigenvalue weighted by Crippen LogP contribution is -1.60. The molecule has 0 radical (unpaired) electrons. The standard InChI is InChI=1S/C5H9N/c1-3-5-6-4-2/h3H,4H2,1-2H3. The summed E-state index contributed by atoms with van der Waals surface area (Å²) in [5, 5.41) is 0. The molecule has 0 rings (SSSR count). The van der Waals surface area contributed by atoms with Gasteiger partial charge in [0, 0.05) is 6.54 Å². The lowest BCUT2D eigenvalue weighted by Gasteiger charge is -1.64. The normalized spacial score (nSPS) is 6.33. The van der Waals surface area contributed by atoms with Crippen LogP contribution in [0.1, 0.15) is 13.8 Å². The van der Waals surface area contributed by atoms with Crippen molar-refractivity contribution in [2.45, 2.75) is 13.8 Å². The molecule has 34 valence electrons. The molecule has 0 heterocycles. The van der Waals surface area contributed by atoms with E-state index < -0.39 is 0 Å². The lowest BCUT2D eigenvalue weighted by atomic mass is 10.7. The van der Waals surface area contributed by atoms with E-state index in [4.69, 9.17) is 0 Å². The van der Waals surface area contributed by atoms with Crippen LogP contribution in [0.2, 0.25) is 0 Å². The van der Waals surface area contributed by atoms with E-state index in [1.807, 2.05) is 13.8 Å². The highest BCUT2D eigenvalue weighted by molar-refractivity contribution is 5.50. The summed E-state index contributed by atoms with van der Waals surface area (Å²) in [6, 6.07) is 0. The van der Waals surface area contributed by atoms with Crippen molar-refractivity contribution in [2.75, 3.05) is 6.54 Å². The molecule has 0 fully saturated rings. The van der Waals surface area contributed by atoms with Crippen LogP contribution < -0.4 is 0 Å². The molecule has 0 aliphatic heterocycles. The topological polar surface area (TPSA) is 12.4 Å². The summed E-state index contributed by atoms with van der Waals surface area (Å²) < 4.78 is 0. The molecule has 0 aliphatic carbocycles. The van der Waals surface area contributed by atoms with Crippen molar-refractivity contribution < 1.29 is 0 Å². The molecule has 0 unspecified atom stereocenters. The highest BCUT2D eigenvalue weighted by Gasteiger charge is 1.51. The fraction of sp³-hybridized carbons (Fsp3) is 0.600. The summed E-state index contributed by atoms with van der Waals surface area (Å²) in [4.78, 5) is 3.78. The summed E-state index contributed by atoms with van der Waals surface area (Å²) in [7, 11) is 0. The van der Waals surface area contributed by atoms with E-state index in [9.17, 15) is 0 Å². The van der Waals surface area contributed by atoms with Gasteiger partial charge in [-0.2, -0.15) is 0 Å². The van der Waals surface area contributed by atoms with Crippen LogP contribution in [0.3, 0.4) is 0 Å². The third kappa shape index (κ3) is 3.45. The van der Waals surface area contributed by atoms with Gasteiger partial charge in [-0.05, 0) is 25.8 Å². The second kappa shape index (κ2) is 4.45. The maximum absolute atomic E-state index is 3.78. The van der Waals surface area contributed by atoms with Gasteiger partial charge in [0.25, 0.3) is 0 Å². The fourth-order valence-electron chi connectivity index (χ4n) is 0.183. The number of aliphatic imine (C=N–C) groups is 1. The molecular weight excluding hydrogens is 74.1 g/mol. The van der Waals surface area contributed by atoms with Crippen LogP contribution in [0.5, 0.6) is 0 Å². The molecule has 0 aromatic heterocycles. The van der Waals surface area contributed by atoms with Crippen LogP contribution in [-0.4, -0.2) is 12.4 Å². The van der Waals surface area contributed by atoms with Crippen LogP contribution in [0, 0.1) is 0 Å². The van der Waals surface area contributed by atoms with Gasteiger partial charge in [-0.15, -0.1) is 0 Å². The fourth-order valence-corrected chi connectivity index (χ4v) is 0.183. The largest absolute Gasteiger partial charge is 0.244 e. The van der Waals surface area contributed by atoms with Crippen molar-refractivity contribution >= 4 is 5.87 Å². The molecule has 0 aromatic rings. The molecule has 0 N–H and O–H groups in total. The Kier molecular flexibility index (Phi) is 4.04. The van der Waals surface area contributed by atoms with Gasteiger partial charge >= 0.3 is 0 Å². The summed E-state index contributed by atoms with van der Waals surface area (Å²) in [6.45, 7) is 4.72. The first-order chi connectivity index (χ1) is 2.91. The summed E-state index contributed by atoms with van der Waals surface area (Å²) in [5.41, 5.74) is 0. The molecule has 0 aromatic carbocycles. The Morgan fingerprint density at radius 3 is 2.67 bits per heavy atom. The number of nitrogens with zero attached hydrogens (tertiary/aromatic N) is 1. The molecule has 1 nitrogen and oxygen atoms in total. The van der Waals surface area contributed by atoms with Crippen LogP contribution >= 0.6 is 0 Å². The molecule has 0 atom stereocenters. The average molecular weight is 83.1 g/mol. The first-order valence-corrected chi connectivity index (χ1v) is 2.11. The Hall–Kier alpha value is -0.550. The van der Waals surface area contributed by atoms with Gasteiger partial charge in [-0.1, -0.05) is 0 Å². The number of hydrogen-bond donors (Lipinski definition) is 0. The minimum Gasteiger partial charge on any atom is -0.244 e. The van der Waals surface area contributed by atoms with Crippen molar-refractivity contribution in [1.82, 2.24) is 0 Å². The van der Waals surface area contributed by atoms with Crippen molar-refractivity contribution in [1.29, 1.82) is 0 Å². The van der Waals surface area contributed by atoms with Crippen LogP contribution in [0.15, 0.2) is 11.1 Å². The van der Waals surface area contributed by atoms with E-state index in [2.05, 4.69) is 10.9 Å². The van der Waals surface area contributed by atoms with E-state index in [1.165, 1.54) is 0 Å². The van der Waals surface area contributed by atoms with Gasteiger partial charge in [0.2, 0.25) is 0 Å². The summed E-state index contributed by atoms with van der Waals surface area (Å²) >= 11 is 0. The van der Waals surface area contributed by atoms with E-state index in [-0.39, 0.29) is 0 Å². The van der Waals surface area contributed by atoms with E-state index in [0.717, 1.165) is 6.54 Å². The molecule has 1 heteroatoms. The number of hydrogen-bond acceptors (Lipinski definition) is 1. The molecule has 6 heavy (non-hydrogen) atoms. The second-order valence-corrected chi connectivity index (χ2v) is 0.892. The third-order valence-corrected chi connectivity index (χ3v) is 0.379. The Labute approximate surface area is 38.4 Å². The second-order valence-electron chi connectivity index (χ2n) is 0.892. The molecule has 0 spiro atoms. The first-order valence-electron chi connectivity index (χ1n) is 2.11. The van der Waals surface area contributed by atoms with Gasteiger partial charge in [-0.25, -0.2) is 4.99 Å². The Balaban J connectivity index is 3.18. The molecule has 0 bridgehead atoms. The van der Waals surface area contributed by atoms with Crippen molar-refractivity contribution in [3.05, 3.63) is 6.08 Å². The van der Waals surface area contributed by atoms with Crippen LogP contribution in [0.4, 0.5) is 0 Å². The van der Waals surface area contributed by atoms with Crippen molar-refractivity contribution in [3.8, 4) is 0 Å². The minimum absolute atomic E-state index is 0.838. The lowest BCUT2D eigenvalue weighted by molar-refractivity contribution is 1.14. The molecule has 0 saturated carbocycles. The van der Waals surface area contributed by atoms with Gasteiger partial charge in [0.05, 0.1) is 0 Å². The summed E-state index contributed by atoms with van der Waals surface area (Å²) in [6.07, 6.45) is 1.80. The third-order valence-electron chi connectivity index (χ3n) is 0.379. The Morgan fingerprint density at radius 2 is 2.50 bits per heavy atom. The zero-order chi connectivity index (χ0) is 4.83. The first kappa shape index (κ1) is 5.45. The number of rotatable bonds is 1. The zero-order valence-electron chi connectivity index (χ0n) is 4.23. The SMILES string of the molecule is CC=C=NCC. The maximum Gasteiger partial charge on any atom is 0.0455 e. The Bertz CT molecular complexity index is 68.0. The van der Waals surface area contributed by atoms with Crippen molar-refractivity contribution in [2.24, 2.45) is 4.99 Å². The van der Waals surface area contributed by atoms with E-state index >= 15 is 0 Å². The predicted octanol–water partition coefficient (Wildman–Crippen LogP) is 1.25. The van der Waals surface area contributed by atoms with Crippen molar-refractivity contribution in [3.63, 3.8) is 0 Å². The minimum atomic E-state index is 0.838.